The molecule has 0 aromatic heterocycles. The zero-order chi connectivity index (χ0) is 12.7. The van der Waals surface area contributed by atoms with E-state index in [1.807, 2.05) is 0 Å². The summed E-state index contributed by atoms with van der Waals surface area (Å²) >= 11 is 0. The van der Waals surface area contributed by atoms with Gasteiger partial charge in [-0.3, -0.25) is 9.69 Å². The summed E-state index contributed by atoms with van der Waals surface area (Å²) in [6.07, 6.45) is 8.01. The highest BCUT2D eigenvalue weighted by molar-refractivity contribution is 5.69. The molecule has 0 atom stereocenters. The van der Waals surface area contributed by atoms with Crippen molar-refractivity contribution in [3.63, 3.8) is 0 Å². The Morgan fingerprint density at radius 1 is 1.29 bits per heavy atom. The van der Waals surface area contributed by atoms with Crippen molar-refractivity contribution in [1.29, 1.82) is 0 Å². The molecule has 0 aromatic carbocycles. The fraction of sp³-hybridized carbons (Fsp3) is 0.929. The Hall–Kier alpha value is -0.570. The van der Waals surface area contributed by atoms with Crippen LogP contribution < -0.4 is 0 Å². The van der Waals surface area contributed by atoms with Gasteiger partial charge in [-0.15, -0.1) is 0 Å². The number of aliphatic carboxylic acids is 1. The molecule has 0 aromatic rings. The lowest BCUT2D eigenvalue weighted by Crippen LogP contribution is -2.34. The van der Waals surface area contributed by atoms with E-state index in [0.717, 1.165) is 19.0 Å². The van der Waals surface area contributed by atoms with E-state index in [0.29, 0.717) is 5.92 Å². The van der Waals surface area contributed by atoms with E-state index in [4.69, 9.17) is 5.11 Å². The lowest BCUT2D eigenvalue weighted by atomic mass is 9.87. The van der Waals surface area contributed by atoms with Crippen LogP contribution in [-0.2, 0) is 4.79 Å². The molecule has 1 rings (SSSR count). The lowest BCUT2D eigenvalue weighted by Gasteiger charge is -2.27. The molecule has 0 heterocycles. The molecule has 1 aliphatic carbocycles. The van der Waals surface area contributed by atoms with Crippen LogP contribution in [0.1, 0.15) is 52.4 Å². The Kier molecular flexibility index (Phi) is 6.56. The van der Waals surface area contributed by atoms with Crippen molar-refractivity contribution in [3.8, 4) is 0 Å². The number of hydrogen-bond donors (Lipinski definition) is 1. The molecule has 1 saturated carbocycles. The van der Waals surface area contributed by atoms with Gasteiger partial charge < -0.3 is 5.11 Å². The molecule has 3 heteroatoms. The fourth-order valence-electron chi connectivity index (χ4n) is 2.78. The van der Waals surface area contributed by atoms with Gasteiger partial charge >= 0.3 is 5.97 Å². The highest BCUT2D eigenvalue weighted by Gasteiger charge is 2.16. The zero-order valence-electron chi connectivity index (χ0n) is 11.3. The van der Waals surface area contributed by atoms with E-state index in [1.165, 1.54) is 38.5 Å². The van der Waals surface area contributed by atoms with Crippen molar-refractivity contribution in [1.82, 2.24) is 4.90 Å². The summed E-state index contributed by atoms with van der Waals surface area (Å²) in [6.45, 7) is 6.35. The minimum atomic E-state index is -0.700. The molecule has 0 radical (unpaired) electrons. The van der Waals surface area contributed by atoms with E-state index in [9.17, 15) is 4.79 Å². The van der Waals surface area contributed by atoms with Gasteiger partial charge in [-0.05, 0) is 24.8 Å². The molecule has 1 aliphatic rings. The van der Waals surface area contributed by atoms with E-state index < -0.39 is 5.97 Å². The van der Waals surface area contributed by atoms with E-state index in [-0.39, 0.29) is 6.54 Å². The van der Waals surface area contributed by atoms with Gasteiger partial charge in [0.1, 0.15) is 0 Å². The normalized spacial score (nSPS) is 17.9. The molecule has 17 heavy (non-hydrogen) atoms. The molecule has 0 unspecified atom stereocenters. The molecular formula is C14H27NO2. The summed E-state index contributed by atoms with van der Waals surface area (Å²) in [5.41, 5.74) is 0. The maximum absolute atomic E-state index is 10.8. The molecule has 0 saturated heterocycles. The topological polar surface area (TPSA) is 40.5 Å². The van der Waals surface area contributed by atoms with Crippen molar-refractivity contribution >= 4 is 5.97 Å². The number of hydrogen-bond acceptors (Lipinski definition) is 2. The van der Waals surface area contributed by atoms with Gasteiger partial charge in [0, 0.05) is 6.54 Å². The van der Waals surface area contributed by atoms with E-state index in [1.54, 1.807) is 0 Å². The van der Waals surface area contributed by atoms with Crippen molar-refractivity contribution in [3.05, 3.63) is 0 Å². The maximum atomic E-state index is 10.8. The first kappa shape index (κ1) is 14.5. The first-order chi connectivity index (χ1) is 8.08. The minimum Gasteiger partial charge on any atom is -0.480 e. The van der Waals surface area contributed by atoms with Crippen LogP contribution in [0.3, 0.4) is 0 Å². The van der Waals surface area contributed by atoms with Crippen LogP contribution in [0, 0.1) is 11.8 Å². The molecule has 0 amide bonds. The number of carboxylic acids is 1. The van der Waals surface area contributed by atoms with Gasteiger partial charge in [0.25, 0.3) is 0 Å². The van der Waals surface area contributed by atoms with Gasteiger partial charge in [-0.1, -0.05) is 46.0 Å². The van der Waals surface area contributed by atoms with Crippen molar-refractivity contribution in [2.75, 3.05) is 19.6 Å². The Morgan fingerprint density at radius 3 is 2.47 bits per heavy atom. The Balaban J connectivity index is 2.28. The molecule has 100 valence electrons. The summed E-state index contributed by atoms with van der Waals surface area (Å²) in [4.78, 5) is 12.9. The predicted molar refractivity (Wildman–Crippen MR) is 70.1 cm³/mol. The third kappa shape index (κ3) is 6.67. The largest absolute Gasteiger partial charge is 0.480 e. The van der Waals surface area contributed by atoms with Crippen molar-refractivity contribution < 1.29 is 9.90 Å². The second kappa shape index (κ2) is 7.70. The number of nitrogens with zero attached hydrogens (tertiary/aromatic N) is 1. The average molecular weight is 241 g/mol. The summed E-state index contributed by atoms with van der Waals surface area (Å²) in [7, 11) is 0. The van der Waals surface area contributed by atoms with Crippen LogP contribution in [0.25, 0.3) is 0 Å². The SMILES string of the molecule is CC(C)CN(CCC1CCCCC1)CC(=O)O. The van der Waals surface area contributed by atoms with Gasteiger partial charge in [0.2, 0.25) is 0 Å². The molecule has 0 bridgehead atoms. The fourth-order valence-corrected chi connectivity index (χ4v) is 2.78. The zero-order valence-corrected chi connectivity index (χ0v) is 11.3. The van der Waals surface area contributed by atoms with Crippen LogP contribution in [0.5, 0.6) is 0 Å². The first-order valence-corrected chi connectivity index (χ1v) is 7.02. The molecule has 1 N–H and O–H groups in total. The van der Waals surface area contributed by atoms with E-state index >= 15 is 0 Å². The molecule has 1 fully saturated rings. The van der Waals surface area contributed by atoms with Crippen LogP contribution >= 0.6 is 0 Å². The van der Waals surface area contributed by atoms with Crippen LogP contribution in [0.2, 0.25) is 0 Å². The average Bonchev–Trinajstić information content (AvgIpc) is 2.26. The van der Waals surface area contributed by atoms with Gasteiger partial charge in [0.05, 0.1) is 6.54 Å². The molecule has 0 aliphatic heterocycles. The number of carboxylic acid groups (broad SMARTS) is 1. The summed E-state index contributed by atoms with van der Waals surface area (Å²) in [5.74, 6) is 0.683. The Bertz CT molecular complexity index is 222. The smallest absolute Gasteiger partial charge is 0.317 e. The highest BCUT2D eigenvalue weighted by Crippen LogP contribution is 2.26. The first-order valence-electron chi connectivity index (χ1n) is 7.02. The van der Waals surface area contributed by atoms with Gasteiger partial charge in [-0.25, -0.2) is 0 Å². The molecule has 0 spiro atoms. The third-order valence-corrected chi connectivity index (χ3v) is 3.56. The summed E-state index contributed by atoms with van der Waals surface area (Å²) < 4.78 is 0. The van der Waals surface area contributed by atoms with Gasteiger partial charge in [-0.2, -0.15) is 0 Å². The van der Waals surface area contributed by atoms with Crippen molar-refractivity contribution in [2.45, 2.75) is 52.4 Å². The summed E-state index contributed by atoms with van der Waals surface area (Å²) in [5, 5.41) is 8.89. The summed E-state index contributed by atoms with van der Waals surface area (Å²) in [6, 6.07) is 0. The quantitative estimate of drug-likeness (QED) is 0.745. The Labute approximate surface area is 105 Å². The highest BCUT2D eigenvalue weighted by atomic mass is 16.4. The Morgan fingerprint density at radius 2 is 1.94 bits per heavy atom. The minimum absolute atomic E-state index is 0.199. The van der Waals surface area contributed by atoms with Crippen LogP contribution in [-0.4, -0.2) is 35.6 Å². The number of rotatable bonds is 7. The second-order valence-corrected chi connectivity index (χ2v) is 5.82. The van der Waals surface area contributed by atoms with Crippen LogP contribution in [0.15, 0.2) is 0 Å². The maximum Gasteiger partial charge on any atom is 0.317 e. The standard InChI is InChI=1S/C14H27NO2/c1-12(2)10-15(11-14(16)17)9-8-13-6-4-3-5-7-13/h12-13H,3-11H2,1-2H3,(H,16,17). The van der Waals surface area contributed by atoms with Gasteiger partial charge in [0.15, 0.2) is 0 Å². The predicted octanol–water partition coefficient (Wildman–Crippen LogP) is 3.00. The van der Waals surface area contributed by atoms with E-state index in [2.05, 4.69) is 18.7 Å². The molecular weight excluding hydrogens is 214 g/mol. The lowest BCUT2D eigenvalue weighted by molar-refractivity contribution is -0.138. The molecule has 3 nitrogen and oxygen atoms in total. The monoisotopic (exact) mass is 241 g/mol. The second-order valence-electron chi connectivity index (χ2n) is 5.82. The number of carbonyl (C=O) groups is 1. The van der Waals surface area contributed by atoms with Crippen molar-refractivity contribution in [2.24, 2.45) is 11.8 Å². The third-order valence-electron chi connectivity index (χ3n) is 3.56. The van der Waals surface area contributed by atoms with Crippen LogP contribution in [0.4, 0.5) is 0 Å².